The van der Waals surface area contributed by atoms with Gasteiger partial charge in [-0.15, -0.1) is 0 Å². The van der Waals surface area contributed by atoms with E-state index in [1.807, 2.05) is 24.3 Å². The van der Waals surface area contributed by atoms with Gasteiger partial charge in [-0.25, -0.2) is 0 Å². The Labute approximate surface area is 110 Å². The zero-order chi connectivity index (χ0) is 13.2. The van der Waals surface area contributed by atoms with Gasteiger partial charge in [-0.2, -0.15) is 0 Å². The van der Waals surface area contributed by atoms with Crippen molar-refractivity contribution in [3.05, 3.63) is 72.0 Å². The van der Waals surface area contributed by atoms with Crippen LogP contribution in [-0.4, -0.2) is 0 Å². The molecule has 1 heteroatoms. The zero-order valence-electron chi connectivity index (χ0n) is 11.4. The van der Waals surface area contributed by atoms with Crippen molar-refractivity contribution in [1.29, 1.82) is 0 Å². The van der Waals surface area contributed by atoms with Crippen molar-refractivity contribution in [3.63, 3.8) is 0 Å². The fraction of sp³-hybridized carbons (Fsp3) is 0.294. The summed E-state index contributed by atoms with van der Waals surface area (Å²) < 4.78 is 5.70. The molecule has 0 aliphatic carbocycles. The first-order chi connectivity index (χ1) is 8.76. The zero-order valence-corrected chi connectivity index (χ0v) is 11.4. The second-order valence-corrected chi connectivity index (χ2v) is 4.31. The standard InChI is InChI=1S/C17H22O/c1-4-9-15(3)12-13-17(5-2)18-14-16-10-7-6-8-11-16/h5-8,10-13H,2,4,9,14H2,1,3H3/b15-12-,17-13+. The number of hydrogen-bond donors (Lipinski definition) is 0. The molecule has 0 bridgehead atoms. The average molecular weight is 242 g/mol. The molecule has 18 heavy (non-hydrogen) atoms. The van der Waals surface area contributed by atoms with Crippen molar-refractivity contribution in [2.24, 2.45) is 0 Å². The smallest absolute Gasteiger partial charge is 0.119 e. The summed E-state index contributed by atoms with van der Waals surface area (Å²) in [5.74, 6) is 0.814. The highest BCUT2D eigenvalue weighted by molar-refractivity contribution is 5.20. The quantitative estimate of drug-likeness (QED) is 0.482. The van der Waals surface area contributed by atoms with Crippen LogP contribution in [0.25, 0.3) is 0 Å². The Kier molecular flexibility index (Phi) is 6.63. The maximum absolute atomic E-state index is 5.70. The van der Waals surface area contributed by atoms with Crippen LogP contribution in [-0.2, 0) is 11.3 Å². The minimum atomic E-state index is 0.583. The molecule has 0 heterocycles. The molecule has 1 aromatic carbocycles. The van der Waals surface area contributed by atoms with Gasteiger partial charge in [0, 0.05) is 0 Å². The molecule has 1 rings (SSSR count). The summed E-state index contributed by atoms with van der Waals surface area (Å²) in [5, 5.41) is 0. The third-order valence-corrected chi connectivity index (χ3v) is 2.63. The van der Waals surface area contributed by atoms with Gasteiger partial charge in [0.2, 0.25) is 0 Å². The average Bonchev–Trinajstić information content (AvgIpc) is 2.40. The summed E-state index contributed by atoms with van der Waals surface area (Å²) in [6.45, 7) is 8.68. The van der Waals surface area contributed by atoms with Crippen molar-refractivity contribution in [2.75, 3.05) is 0 Å². The number of benzene rings is 1. The van der Waals surface area contributed by atoms with Gasteiger partial charge in [-0.3, -0.25) is 0 Å². The van der Waals surface area contributed by atoms with Crippen LogP contribution in [0.5, 0.6) is 0 Å². The lowest BCUT2D eigenvalue weighted by atomic mass is 10.1. The van der Waals surface area contributed by atoms with E-state index in [0.717, 1.165) is 12.2 Å². The van der Waals surface area contributed by atoms with Gasteiger partial charge in [0.25, 0.3) is 0 Å². The van der Waals surface area contributed by atoms with Gasteiger partial charge in [0.1, 0.15) is 12.4 Å². The van der Waals surface area contributed by atoms with Gasteiger partial charge in [0.15, 0.2) is 0 Å². The van der Waals surface area contributed by atoms with E-state index in [2.05, 4.69) is 38.6 Å². The van der Waals surface area contributed by atoms with Gasteiger partial charge in [-0.05, 0) is 31.1 Å². The summed E-state index contributed by atoms with van der Waals surface area (Å²) in [7, 11) is 0. The van der Waals surface area contributed by atoms with Gasteiger partial charge in [-0.1, -0.05) is 61.9 Å². The molecule has 0 unspecified atom stereocenters. The predicted octanol–water partition coefficient (Wildman–Crippen LogP) is 5.02. The SMILES string of the molecule is C=C/C(=C\C=C(\C)CCC)OCc1ccccc1. The third-order valence-electron chi connectivity index (χ3n) is 2.63. The Morgan fingerprint density at radius 1 is 1.22 bits per heavy atom. The summed E-state index contributed by atoms with van der Waals surface area (Å²) in [4.78, 5) is 0. The van der Waals surface area contributed by atoms with Crippen molar-refractivity contribution >= 4 is 0 Å². The van der Waals surface area contributed by atoms with Crippen molar-refractivity contribution in [2.45, 2.75) is 33.3 Å². The molecule has 0 radical (unpaired) electrons. The van der Waals surface area contributed by atoms with E-state index in [1.165, 1.54) is 17.6 Å². The monoisotopic (exact) mass is 242 g/mol. The van der Waals surface area contributed by atoms with E-state index < -0.39 is 0 Å². The molecule has 0 atom stereocenters. The highest BCUT2D eigenvalue weighted by atomic mass is 16.5. The van der Waals surface area contributed by atoms with Crippen molar-refractivity contribution in [3.8, 4) is 0 Å². The van der Waals surface area contributed by atoms with Crippen LogP contribution in [0.2, 0.25) is 0 Å². The molecule has 0 aliphatic heterocycles. The Morgan fingerprint density at radius 3 is 2.56 bits per heavy atom. The number of ether oxygens (including phenoxy) is 1. The predicted molar refractivity (Wildman–Crippen MR) is 78.2 cm³/mol. The van der Waals surface area contributed by atoms with Gasteiger partial charge < -0.3 is 4.74 Å². The first-order valence-corrected chi connectivity index (χ1v) is 6.43. The Bertz CT molecular complexity index is 412. The fourth-order valence-corrected chi connectivity index (χ4v) is 1.62. The van der Waals surface area contributed by atoms with Crippen LogP contribution in [0.4, 0.5) is 0 Å². The fourth-order valence-electron chi connectivity index (χ4n) is 1.62. The lowest BCUT2D eigenvalue weighted by Crippen LogP contribution is -1.91. The van der Waals surface area contributed by atoms with E-state index in [-0.39, 0.29) is 0 Å². The van der Waals surface area contributed by atoms with Crippen LogP contribution in [0.1, 0.15) is 32.3 Å². The molecule has 0 spiro atoms. The lowest BCUT2D eigenvalue weighted by Gasteiger charge is -2.06. The molecule has 1 aromatic rings. The maximum Gasteiger partial charge on any atom is 0.119 e. The van der Waals surface area contributed by atoms with Crippen molar-refractivity contribution in [1.82, 2.24) is 0 Å². The largest absolute Gasteiger partial charge is 0.489 e. The lowest BCUT2D eigenvalue weighted by molar-refractivity contribution is 0.211. The summed E-state index contributed by atoms with van der Waals surface area (Å²) in [6, 6.07) is 10.1. The van der Waals surface area contributed by atoms with E-state index in [0.29, 0.717) is 6.61 Å². The van der Waals surface area contributed by atoms with E-state index in [9.17, 15) is 0 Å². The Balaban J connectivity index is 2.54. The molecule has 0 aliphatic rings. The molecule has 0 fully saturated rings. The van der Waals surface area contributed by atoms with Crippen LogP contribution >= 0.6 is 0 Å². The van der Waals surface area contributed by atoms with Crippen LogP contribution in [0.3, 0.4) is 0 Å². The van der Waals surface area contributed by atoms with Crippen LogP contribution in [0.15, 0.2) is 66.5 Å². The highest BCUT2D eigenvalue weighted by Crippen LogP contribution is 2.09. The number of allylic oxidation sites excluding steroid dienone is 4. The molecule has 0 N–H and O–H groups in total. The van der Waals surface area contributed by atoms with Crippen LogP contribution in [0, 0.1) is 0 Å². The normalized spacial score (nSPS) is 12.3. The summed E-state index contributed by atoms with van der Waals surface area (Å²) >= 11 is 0. The summed E-state index contributed by atoms with van der Waals surface area (Å²) in [5.41, 5.74) is 2.53. The molecule has 0 saturated heterocycles. The minimum absolute atomic E-state index is 0.583. The number of hydrogen-bond acceptors (Lipinski definition) is 1. The second-order valence-electron chi connectivity index (χ2n) is 4.31. The third kappa shape index (κ3) is 5.53. The first-order valence-electron chi connectivity index (χ1n) is 6.43. The van der Waals surface area contributed by atoms with Crippen molar-refractivity contribution < 1.29 is 4.74 Å². The van der Waals surface area contributed by atoms with Crippen LogP contribution < -0.4 is 0 Å². The molecule has 0 saturated carbocycles. The molecule has 0 aromatic heterocycles. The summed E-state index contributed by atoms with van der Waals surface area (Å²) in [6.07, 6.45) is 8.13. The van der Waals surface area contributed by atoms with E-state index >= 15 is 0 Å². The van der Waals surface area contributed by atoms with Gasteiger partial charge >= 0.3 is 0 Å². The molecular weight excluding hydrogens is 220 g/mol. The number of rotatable bonds is 7. The topological polar surface area (TPSA) is 9.23 Å². The Hall–Kier alpha value is -1.76. The second kappa shape index (κ2) is 8.35. The first kappa shape index (κ1) is 14.3. The van der Waals surface area contributed by atoms with E-state index in [1.54, 1.807) is 6.08 Å². The molecule has 0 amide bonds. The molecule has 1 nitrogen and oxygen atoms in total. The highest BCUT2D eigenvalue weighted by Gasteiger charge is 1.94. The molecule has 96 valence electrons. The molecular formula is C17H22O. The van der Waals surface area contributed by atoms with E-state index in [4.69, 9.17) is 4.74 Å². The Morgan fingerprint density at radius 2 is 1.94 bits per heavy atom. The van der Waals surface area contributed by atoms with Gasteiger partial charge in [0.05, 0.1) is 0 Å². The maximum atomic E-state index is 5.70. The minimum Gasteiger partial charge on any atom is -0.489 e.